The first kappa shape index (κ1) is 10.7. The van der Waals surface area contributed by atoms with Gasteiger partial charge in [-0.3, -0.25) is 0 Å². The quantitative estimate of drug-likeness (QED) is 0.572. The SMILES string of the molecule is O=C(OCCCCO)c1ccccc1. The Balaban J connectivity index is 2.29. The van der Waals surface area contributed by atoms with Crippen LogP contribution < -0.4 is 0 Å². The zero-order chi connectivity index (χ0) is 10.2. The number of aliphatic hydroxyl groups excluding tert-OH is 1. The monoisotopic (exact) mass is 194 g/mol. The molecule has 0 aromatic heterocycles. The van der Waals surface area contributed by atoms with E-state index in [1.807, 2.05) is 6.07 Å². The van der Waals surface area contributed by atoms with Crippen LogP contribution in [0, 0.1) is 0 Å². The summed E-state index contributed by atoms with van der Waals surface area (Å²) in [5.41, 5.74) is 0.566. The molecule has 0 heterocycles. The van der Waals surface area contributed by atoms with E-state index in [9.17, 15) is 4.79 Å². The van der Waals surface area contributed by atoms with Crippen LogP contribution in [0.2, 0.25) is 0 Å². The van der Waals surface area contributed by atoms with Crippen molar-refractivity contribution in [2.75, 3.05) is 13.2 Å². The van der Waals surface area contributed by atoms with Crippen LogP contribution in [0.25, 0.3) is 0 Å². The van der Waals surface area contributed by atoms with Gasteiger partial charge in [-0.15, -0.1) is 0 Å². The molecule has 0 radical (unpaired) electrons. The average Bonchev–Trinajstić information content (AvgIpc) is 2.25. The Kier molecular flexibility index (Phi) is 4.72. The minimum absolute atomic E-state index is 0.142. The smallest absolute Gasteiger partial charge is 0.338 e. The number of rotatable bonds is 5. The fourth-order valence-corrected chi connectivity index (χ4v) is 1.04. The van der Waals surface area contributed by atoms with E-state index in [2.05, 4.69) is 0 Å². The van der Waals surface area contributed by atoms with Crippen LogP contribution in [0.15, 0.2) is 30.3 Å². The molecular weight excluding hydrogens is 180 g/mol. The first-order chi connectivity index (χ1) is 6.84. The minimum atomic E-state index is -0.302. The van der Waals surface area contributed by atoms with E-state index >= 15 is 0 Å². The van der Waals surface area contributed by atoms with Crippen molar-refractivity contribution in [1.29, 1.82) is 0 Å². The molecule has 14 heavy (non-hydrogen) atoms. The van der Waals surface area contributed by atoms with Crippen molar-refractivity contribution in [3.63, 3.8) is 0 Å². The molecule has 0 amide bonds. The summed E-state index contributed by atoms with van der Waals surface area (Å²) >= 11 is 0. The highest BCUT2D eigenvalue weighted by atomic mass is 16.5. The third kappa shape index (κ3) is 3.58. The number of ether oxygens (including phenoxy) is 1. The zero-order valence-electron chi connectivity index (χ0n) is 7.98. The molecule has 1 aromatic carbocycles. The molecule has 1 rings (SSSR count). The Morgan fingerprint density at radius 3 is 2.57 bits per heavy atom. The lowest BCUT2D eigenvalue weighted by molar-refractivity contribution is 0.0492. The standard InChI is InChI=1S/C11H14O3/c12-8-4-5-9-14-11(13)10-6-2-1-3-7-10/h1-3,6-7,12H,4-5,8-9H2. The highest BCUT2D eigenvalue weighted by molar-refractivity contribution is 5.89. The second kappa shape index (κ2) is 6.16. The second-order valence-corrected chi connectivity index (χ2v) is 2.93. The van der Waals surface area contributed by atoms with E-state index in [-0.39, 0.29) is 12.6 Å². The van der Waals surface area contributed by atoms with Crippen LogP contribution in [0.4, 0.5) is 0 Å². The summed E-state index contributed by atoms with van der Waals surface area (Å²) in [5, 5.41) is 8.51. The summed E-state index contributed by atoms with van der Waals surface area (Å²) in [4.78, 5) is 11.3. The molecule has 0 unspecified atom stereocenters. The van der Waals surface area contributed by atoms with E-state index in [1.165, 1.54) is 0 Å². The van der Waals surface area contributed by atoms with E-state index in [0.717, 1.165) is 0 Å². The van der Waals surface area contributed by atoms with Crippen molar-refractivity contribution in [3.05, 3.63) is 35.9 Å². The topological polar surface area (TPSA) is 46.5 Å². The molecule has 0 spiro atoms. The lowest BCUT2D eigenvalue weighted by atomic mass is 10.2. The summed E-state index contributed by atoms with van der Waals surface area (Å²) in [6.07, 6.45) is 1.37. The number of unbranched alkanes of at least 4 members (excludes halogenated alkanes) is 1. The van der Waals surface area contributed by atoms with Gasteiger partial charge in [0.05, 0.1) is 12.2 Å². The van der Waals surface area contributed by atoms with Gasteiger partial charge in [-0.1, -0.05) is 18.2 Å². The molecule has 0 saturated carbocycles. The van der Waals surface area contributed by atoms with Crippen LogP contribution in [0.5, 0.6) is 0 Å². The van der Waals surface area contributed by atoms with Crippen molar-refractivity contribution in [2.45, 2.75) is 12.8 Å². The van der Waals surface area contributed by atoms with Crippen LogP contribution in [0.3, 0.4) is 0 Å². The van der Waals surface area contributed by atoms with E-state index < -0.39 is 0 Å². The Labute approximate surface area is 83.3 Å². The number of hydrogen-bond donors (Lipinski definition) is 1. The normalized spacial score (nSPS) is 9.79. The van der Waals surface area contributed by atoms with Crippen LogP contribution >= 0.6 is 0 Å². The van der Waals surface area contributed by atoms with Crippen molar-refractivity contribution in [2.24, 2.45) is 0 Å². The molecule has 3 heteroatoms. The molecule has 1 N–H and O–H groups in total. The molecule has 0 aliphatic rings. The van der Waals surface area contributed by atoms with Gasteiger partial charge >= 0.3 is 5.97 Å². The number of esters is 1. The van der Waals surface area contributed by atoms with Gasteiger partial charge in [-0.2, -0.15) is 0 Å². The van der Waals surface area contributed by atoms with E-state index in [0.29, 0.717) is 25.0 Å². The van der Waals surface area contributed by atoms with E-state index in [4.69, 9.17) is 9.84 Å². The molecular formula is C11H14O3. The fraction of sp³-hybridized carbons (Fsp3) is 0.364. The summed E-state index contributed by atoms with van der Waals surface area (Å²) in [5.74, 6) is -0.302. The predicted molar refractivity (Wildman–Crippen MR) is 53.0 cm³/mol. The average molecular weight is 194 g/mol. The predicted octanol–water partition coefficient (Wildman–Crippen LogP) is 1.62. The minimum Gasteiger partial charge on any atom is -0.462 e. The summed E-state index contributed by atoms with van der Waals surface area (Å²) in [7, 11) is 0. The van der Waals surface area contributed by atoms with Gasteiger partial charge in [0, 0.05) is 6.61 Å². The van der Waals surface area contributed by atoms with Gasteiger partial charge < -0.3 is 9.84 Å². The molecule has 0 aliphatic heterocycles. The van der Waals surface area contributed by atoms with Gasteiger partial charge in [0.1, 0.15) is 0 Å². The van der Waals surface area contributed by atoms with Gasteiger partial charge in [0.25, 0.3) is 0 Å². The molecule has 0 saturated heterocycles. The van der Waals surface area contributed by atoms with Crippen molar-refractivity contribution in [3.8, 4) is 0 Å². The Bertz CT molecular complexity index is 269. The molecule has 0 bridgehead atoms. The summed E-state index contributed by atoms with van der Waals surface area (Å²) in [6, 6.07) is 8.87. The van der Waals surface area contributed by atoms with Crippen LogP contribution in [-0.4, -0.2) is 24.3 Å². The zero-order valence-corrected chi connectivity index (χ0v) is 7.98. The maximum absolute atomic E-state index is 11.3. The van der Waals surface area contributed by atoms with Crippen LogP contribution in [0.1, 0.15) is 23.2 Å². The number of aliphatic hydroxyl groups is 1. The fourth-order valence-electron chi connectivity index (χ4n) is 1.04. The first-order valence-electron chi connectivity index (χ1n) is 4.67. The van der Waals surface area contributed by atoms with Gasteiger partial charge in [-0.05, 0) is 25.0 Å². The number of benzene rings is 1. The van der Waals surface area contributed by atoms with Crippen molar-refractivity contribution in [1.82, 2.24) is 0 Å². The molecule has 3 nitrogen and oxygen atoms in total. The van der Waals surface area contributed by atoms with Crippen molar-refractivity contribution >= 4 is 5.97 Å². The molecule has 0 fully saturated rings. The maximum atomic E-state index is 11.3. The van der Waals surface area contributed by atoms with Gasteiger partial charge in [-0.25, -0.2) is 4.79 Å². The third-order valence-electron chi connectivity index (χ3n) is 1.80. The first-order valence-corrected chi connectivity index (χ1v) is 4.67. The number of hydrogen-bond acceptors (Lipinski definition) is 3. The lowest BCUT2D eigenvalue weighted by Crippen LogP contribution is -2.06. The third-order valence-corrected chi connectivity index (χ3v) is 1.80. The highest BCUT2D eigenvalue weighted by Crippen LogP contribution is 2.01. The largest absolute Gasteiger partial charge is 0.462 e. The van der Waals surface area contributed by atoms with Gasteiger partial charge in [0.15, 0.2) is 0 Å². The Hall–Kier alpha value is -1.35. The lowest BCUT2D eigenvalue weighted by Gasteiger charge is -2.03. The number of carbonyl (C=O) groups is 1. The Morgan fingerprint density at radius 2 is 1.93 bits per heavy atom. The van der Waals surface area contributed by atoms with E-state index in [1.54, 1.807) is 24.3 Å². The summed E-state index contributed by atoms with van der Waals surface area (Å²) in [6.45, 7) is 0.511. The highest BCUT2D eigenvalue weighted by Gasteiger charge is 2.04. The molecule has 0 aliphatic carbocycles. The number of carbonyl (C=O) groups excluding carboxylic acids is 1. The summed E-state index contributed by atoms with van der Waals surface area (Å²) < 4.78 is 4.98. The maximum Gasteiger partial charge on any atom is 0.338 e. The molecule has 0 atom stereocenters. The Morgan fingerprint density at radius 1 is 1.21 bits per heavy atom. The molecule has 1 aromatic rings. The van der Waals surface area contributed by atoms with Gasteiger partial charge in [0.2, 0.25) is 0 Å². The van der Waals surface area contributed by atoms with Crippen LogP contribution in [-0.2, 0) is 4.74 Å². The van der Waals surface area contributed by atoms with Crippen molar-refractivity contribution < 1.29 is 14.6 Å². The molecule has 76 valence electrons. The second-order valence-electron chi connectivity index (χ2n) is 2.93.